The van der Waals surface area contributed by atoms with Crippen LogP contribution in [0.4, 0.5) is 0 Å². The average Bonchev–Trinajstić information content (AvgIpc) is 2.07. The van der Waals surface area contributed by atoms with Gasteiger partial charge in [0.1, 0.15) is 0 Å². The molecular weight excluding hydrogens is 142 g/mol. The summed E-state index contributed by atoms with van der Waals surface area (Å²) in [5, 5.41) is 8.54. The van der Waals surface area contributed by atoms with Crippen molar-refractivity contribution in [1.29, 1.82) is 5.26 Å². The van der Waals surface area contributed by atoms with Gasteiger partial charge < -0.3 is 9.47 Å². The third-order valence-electron chi connectivity index (χ3n) is 2.24. The molecule has 11 heavy (non-hydrogen) atoms. The van der Waals surface area contributed by atoms with E-state index in [9.17, 15) is 0 Å². The molecule has 0 N–H and O–H groups in total. The summed E-state index contributed by atoms with van der Waals surface area (Å²) in [6.07, 6.45) is 2.17. The molecule has 0 saturated carbocycles. The van der Waals surface area contributed by atoms with Gasteiger partial charge in [-0.1, -0.05) is 0 Å². The Morgan fingerprint density at radius 3 is 2.64 bits per heavy atom. The molecule has 0 bridgehead atoms. The molecule has 1 aliphatic heterocycles. The molecule has 0 unspecified atom stereocenters. The maximum atomic E-state index is 8.54. The van der Waals surface area contributed by atoms with Crippen LogP contribution >= 0.6 is 0 Å². The molecule has 1 fully saturated rings. The van der Waals surface area contributed by atoms with Gasteiger partial charge in [0, 0.05) is 33.2 Å². The van der Waals surface area contributed by atoms with Crippen LogP contribution in [-0.4, -0.2) is 25.9 Å². The van der Waals surface area contributed by atoms with Gasteiger partial charge >= 0.3 is 0 Å². The molecule has 3 heteroatoms. The number of rotatable bonds is 2. The number of methoxy groups -OCH3 is 1. The first-order valence-electron chi connectivity index (χ1n) is 3.83. The minimum atomic E-state index is -0.215. The van der Waals surface area contributed by atoms with Gasteiger partial charge in [0.15, 0.2) is 0 Å². The molecule has 1 saturated heterocycles. The smallest absolute Gasteiger partial charge is 0.0851 e. The van der Waals surface area contributed by atoms with Gasteiger partial charge in [-0.2, -0.15) is 5.26 Å². The fourth-order valence-electron chi connectivity index (χ4n) is 1.34. The summed E-state index contributed by atoms with van der Waals surface area (Å²) in [5.41, 5.74) is -0.215. The summed E-state index contributed by atoms with van der Waals surface area (Å²) in [6, 6.07) is 2.15. The van der Waals surface area contributed by atoms with E-state index in [1.807, 2.05) is 0 Å². The minimum Gasteiger partial charge on any atom is -0.381 e. The zero-order valence-corrected chi connectivity index (χ0v) is 6.80. The van der Waals surface area contributed by atoms with E-state index in [4.69, 9.17) is 14.7 Å². The molecule has 0 atom stereocenters. The number of ether oxygens (including phenoxy) is 2. The molecule has 0 aromatic heterocycles. The van der Waals surface area contributed by atoms with Crippen molar-refractivity contribution in [2.24, 2.45) is 0 Å². The van der Waals surface area contributed by atoms with Crippen LogP contribution in [0, 0.1) is 11.3 Å². The molecule has 0 spiro atoms. The van der Waals surface area contributed by atoms with Gasteiger partial charge in [-0.05, 0) is 0 Å². The van der Waals surface area contributed by atoms with Crippen LogP contribution in [0.5, 0.6) is 0 Å². The molecule has 1 rings (SSSR count). The highest BCUT2D eigenvalue weighted by Crippen LogP contribution is 2.27. The van der Waals surface area contributed by atoms with Crippen LogP contribution in [0.3, 0.4) is 0 Å². The van der Waals surface area contributed by atoms with Gasteiger partial charge in [-0.15, -0.1) is 0 Å². The first-order chi connectivity index (χ1) is 5.33. The third-order valence-corrected chi connectivity index (χ3v) is 2.24. The standard InChI is InChI=1S/C8H13NO2/c1-10-8(2-5-9)3-6-11-7-4-8/h2-4,6-7H2,1H3. The predicted molar refractivity (Wildman–Crippen MR) is 40.0 cm³/mol. The Balaban J connectivity index is 2.51. The lowest BCUT2D eigenvalue weighted by Gasteiger charge is -2.33. The lowest BCUT2D eigenvalue weighted by atomic mass is 9.91. The van der Waals surface area contributed by atoms with E-state index < -0.39 is 0 Å². The summed E-state index contributed by atoms with van der Waals surface area (Å²) in [4.78, 5) is 0. The van der Waals surface area contributed by atoms with Gasteiger partial charge in [-0.25, -0.2) is 0 Å². The third kappa shape index (κ3) is 1.92. The van der Waals surface area contributed by atoms with Gasteiger partial charge in [0.25, 0.3) is 0 Å². The Hall–Kier alpha value is -0.590. The van der Waals surface area contributed by atoms with Crippen molar-refractivity contribution >= 4 is 0 Å². The minimum absolute atomic E-state index is 0.215. The Morgan fingerprint density at radius 1 is 1.55 bits per heavy atom. The van der Waals surface area contributed by atoms with Gasteiger partial charge in [0.05, 0.1) is 18.1 Å². The first-order valence-corrected chi connectivity index (χ1v) is 3.83. The topological polar surface area (TPSA) is 42.2 Å². The van der Waals surface area contributed by atoms with Crippen molar-refractivity contribution in [1.82, 2.24) is 0 Å². The lowest BCUT2D eigenvalue weighted by molar-refractivity contribution is -0.0863. The lowest BCUT2D eigenvalue weighted by Crippen LogP contribution is -2.37. The van der Waals surface area contributed by atoms with Gasteiger partial charge in [-0.3, -0.25) is 0 Å². The van der Waals surface area contributed by atoms with E-state index in [1.54, 1.807) is 7.11 Å². The Morgan fingerprint density at radius 2 is 2.18 bits per heavy atom. The molecule has 0 amide bonds. The van der Waals surface area contributed by atoms with Crippen molar-refractivity contribution in [3.63, 3.8) is 0 Å². The van der Waals surface area contributed by atoms with Crippen LogP contribution in [0.1, 0.15) is 19.3 Å². The number of nitriles is 1. The molecule has 1 heterocycles. The van der Waals surface area contributed by atoms with Crippen LogP contribution < -0.4 is 0 Å². The fraction of sp³-hybridized carbons (Fsp3) is 0.875. The highest BCUT2D eigenvalue weighted by atomic mass is 16.5. The Labute approximate surface area is 66.9 Å². The first kappa shape index (κ1) is 8.51. The second kappa shape index (κ2) is 3.70. The molecule has 0 aromatic carbocycles. The quantitative estimate of drug-likeness (QED) is 0.599. The molecule has 0 aromatic rings. The number of hydrogen-bond acceptors (Lipinski definition) is 3. The zero-order chi connectivity index (χ0) is 8.16. The predicted octanol–water partition coefficient (Wildman–Crippen LogP) is 1.10. The van der Waals surface area contributed by atoms with E-state index in [1.165, 1.54) is 0 Å². The molecular formula is C8H13NO2. The van der Waals surface area contributed by atoms with Crippen LogP contribution in [0.2, 0.25) is 0 Å². The fourth-order valence-corrected chi connectivity index (χ4v) is 1.34. The normalized spacial score (nSPS) is 22.5. The van der Waals surface area contributed by atoms with E-state index in [-0.39, 0.29) is 5.60 Å². The summed E-state index contributed by atoms with van der Waals surface area (Å²) in [6.45, 7) is 1.44. The van der Waals surface area contributed by atoms with Crippen molar-refractivity contribution < 1.29 is 9.47 Å². The highest BCUT2D eigenvalue weighted by Gasteiger charge is 2.31. The Bertz CT molecular complexity index is 156. The van der Waals surface area contributed by atoms with E-state index >= 15 is 0 Å². The van der Waals surface area contributed by atoms with E-state index in [0.29, 0.717) is 6.42 Å². The summed E-state index contributed by atoms with van der Waals surface area (Å²) in [5.74, 6) is 0. The summed E-state index contributed by atoms with van der Waals surface area (Å²) < 4.78 is 10.5. The molecule has 3 nitrogen and oxygen atoms in total. The Kier molecular flexibility index (Phi) is 2.86. The molecule has 62 valence electrons. The molecule has 0 aliphatic carbocycles. The zero-order valence-electron chi connectivity index (χ0n) is 6.80. The van der Waals surface area contributed by atoms with Crippen molar-refractivity contribution in [2.45, 2.75) is 24.9 Å². The summed E-state index contributed by atoms with van der Waals surface area (Å²) in [7, 11) is 1.67. The van der Waals surface area contributed by atoms with E-state index in [2.05, 4.69) is 6.07 Å². The second-order valence-electron chi connectivity index (χ2n) is 2.83. The number of nitrogens with zero attached hydrogens (tertiary/aromatic N) is 1. The monoisotopic (exact) mass is 155 g/mol. The molecule has 1 aliphatic rings. The molecule has 0 radical (unpaired) electrons. The maximum absolute atomic E-state index is 8.54. The largest absolute Gasteiger partial charge is 0.381 e. The SMILES string of the molecule is COC1(CC#N)CCOCC1. The van der Waals surface area contributed by atoms with Crippen molar-refractivity contribution in [3.8, 4) is 6.07 Å². The van der Waals surface area contributed by atoms with Gasteiger partial charge in [0.2, 0.25) is 0 Å². The number of hydrogen-bond donors (Lipinski definition) is 0. The maximum Gasteiger partial charge on any atom is 0.0851 e. The van der Waals surface area contributed by atoms with E-state index in [0.717, 1.165) is 26.1 Å². The average molecular weight is 155 g/mol. The van der Waals surface area contributed by atoms with Crippen LogP contribution in [-0.2, 0) is 9.47 Å². The second-order valence-corrected chi connectivity index (χ2v) is 2.83. The van der Waals surface area contributed by atoms with Crippen LogP contribution in [0.15, 0.2) is 0 Å². The summed E-state index contributed by atoms with van der Waals surface area (Å²) >= 11 is 0. The van der Waals surface area contributed by atoms with Crippen molar-refractivity contribution in [3.05, 3.63) is 0 Å². The highest BCUT2D eigenvalue weighted by molar-refractivity contribution is 4.91. The van der Waals surface area contributed by atoms with Crippen LogP contribution in [0.25, 0.3) is 0 Å². The van der Waals surface area contributed by atoms with Crippen molar-refractivity contribution in [2.75, 3.05) is 20.3 Å².